The van der Waals surface area contributed by atoms with Gasteiger partial charge in [0.05, 0.1) is 0 Å². The summed E-state index contributed by atoms with van der Waals surface area (Å²) >= 11 is 0. The van der Waals surface area contributed by atoms with Gasteiger partial charge in [-0.05, 0) is 51.4 Å². The minimum Gasteiger partial charge on any atom is -0.368 e. The van der Waals surface area contributed by atoms with Crippen LogP contribution >= 0.6 is 0 Å². The van der Waals surface area contributed by atoms with E-state index in [1.54, 1.807) is 0 Å². The second-order valence-corrected chi connectivity index (χ2v) is 4.71. The molecule has 0 aromatic carbocycles. The van der Waals surface area contributed by atoms with E-state index in [1.165, 1.54) is 12.8 Å². The molecule has 2 fully saturated rings. The Balaban J connectivity index is 1.96. The molecular weight excluding hydrogens is 176 g/mol. The molecule has 0 spiro atoms. The Morgan fingerprint density at radius 1 is 1.36 bits per heavy atom. The van der Waals surface area contributed by atoms with Crippen molar-refractivity contribution in [3.8, 4) is 0 Å². The number of carbonyl (C=O) groups is 1. The van der Waals surface area contributed by atoms with E-state index in [-0.39, 0.29) is 5.60 Å². The highest BCUT2D eigenvalue weighted by molar-refractivity contribution is 5.88. The van der Waals surface area contributed by atoms with Crippen LogP contribution in [0.25, 0.3) is 0 Å². The van der Waals surface area contributed by atoms with Crippen molar-refractivity contribution in [2.24, 2.45) is 5.92 Å². The van der Waals surface area contributed by atoms with Gasteiger partial charge in [-0.25, -0.2) is 0 Å². The Morgan fingerprint density at radius 3 is 2.50 bits per heavy atom. The fraction of sp³-hybridized carbons (Fsp3) is 0.917. The largest absolute Gasteiger partial charge is 0.368 e. The Morgan fingerprint density at radius 2 is 2.00 bits per heavy atom. The van der Waals surface area contributed by atoms with E-state index in [2.05, 4.69) is 0 Å². The minimum absolute atomic E-state index is 0.364. The van der Waals surface area contributed by atoms with E-state index in [4.69, 9.17) is 4.74 Å². The van der Waals surface area contributed by atoms with Crippen LogP contribution in [-0.4, -0.2) is 18.0 Å². The molecule has 2 saturated carbocycles. The van der Waals surface area contributed by atoms with E-state index < -0.39 is 0 Å². The van der Waals surface area contributed by atoms with Crippen molar-refractivity contribution < 1.29 is 9.53 Å². The van der Waals surface area contributed by atoms with Crippen LogP contribution in [0.1, 0.15) is 51.9 Å². The van der Waals surface area contributed by atoms with Gasteiger partial charge in [0, 0.05) is 13.0 Å². The second kappa shape index (κ2) is 4.01. The molecule has 0 aromatic heterocycles. The molecule has 2 aliphatic carbocycles. The van der Waals surface area contributed by atoms with Gasteiger partial charge in [0.2, 0.25) is 0 Å². The molecule has 2 nitrogen and oxygen atoms in total. The highest BCUT2D eigenvalue weighted by Gasteiger charge is 2.43. The highest BCUT2D eigenvalue weighted by Crippen LogP contribution is 2.40. The number of ether oxygens (including phenoxy) is 1. The van der Waals surface area contributed by atoms with E-state index in [0.29, 0.717) is 18.3 Å². The normalized spacial score (nSPS) is 25.2. The number of rotatable bonds is 5. The van der Waals surface area contributed by atoms with Crippen molar-refractivity contribution >= 4 is 5.78 Å². The van der Waals surface area contributed by atoms with E-state index in [9.17, 15) is 4.79 Å². The lowest BCUT2D eigenvalue weighted by Gasteiger charge is -2.27. The Bertz CT molecular complexity index is 212. The molecule has 0 aliphatic heterocycles. The molecule has 0 saturated heterocycles. The van der Waals surface area contributed by atoms with Crippen molar-refractivity contribution in [3.05, 3.63) is 0 Å². The third-order valence-electron chi connectivity index (χ3n) is 3.51. The molecule has 0 amide bonds. The lowest BCUT2D eigenvalue weighted by molar-refractivity contribution is -0.143. The predicted molar refractivity (Wildman–Crippen MR) is 55.2 cm³/mol. The maximum absolute atomic E-state index is 12.1. The Hall–Kier alpha value is -0.370. The summed E-state index contributed by atoms with van der Waals surface area (Å²) in [5.41, 5.74) is -0.364. The average Bonchev–Trinajstić information content (AvgIpc) is 2.83. The lowest BCUT2D eigenvalue weighted by atomic mass is 9.92. The lowest BCUT2D eigenvalue weighted by Crippen LogP contribution is -2.39. The molecule has 0 heterocycles. The SMILES string of the molecule is CCOC1(C(=O)CC2CC2)CCCC1. The first-order valence-corrected chi connectivity index (χ1v) is 5.94. The van der Waals surface area contributed by atoms with Crippen molar-refractivity contribution in [1.29, 1.82) is 0 Å². The summed E-state index contributed by atoms with van der Waals surface area (Å²) in [5, 5.41) is 0. The van der Waals surface area contributed by atoms with Crippen molar-refractivity contribution in [2.75, 3.05) is 6.61 Å². The van der Waals surface area contributed by atoms with Crippen molar-refractivity contribution in [3.63, 3.8) is 0 Å². The molecule has 2 heteroatoms. The average molecular weight is 196 g/mol. The van der Waals surface area contributed by atoms with Gasteiger partial charge in [-0.2, -0.15) is 0 Å². The Kier molecular flexibility index (Phi) is 2.91. The zero-order valence-electron chi connectivity index (χ0n) is 9.05. The highest BCUT2D eigenvalue weighted by atomic mass is 16.5. The van der Waals surface area contributed by atoms with Gasteiger partial charge in [-0.1, -0.05) is 0 Å². The summed E-state index contributed by atoms with van der Waals surface area (Å²) in [6.45, 7) is 2.67. The quantitative estimate of drug-likeness (QED) is 0.675. The van der Waals surface area contributed by atoms with Crippen LogP contribution in [0.4, 0.5) is 0 Å². The first kappa shape index (κ1) is 10.2. The van der Waals surface area contributed by atoms with E-state index in [0.717, 1.165) is 32.1 Å². The van der Waals surface area contributed by atoms with Gasteiger partial charge in [-0.3, -0.25) is 4.79 Å². The molecule has 0 unspecified atom stereocenters. The number of hydrogen-bond donors (Lipinski definition) is 0. The molecule has 2 rings (SSSR count). The second-order valence-electron chi connectivity index (χ2n) is 4.71. The Labute approximate surface area is 86.0 Å². The molecule has 0 atom stereocenters. The van der Waals surface area contributed by atoms with Crippen molar-refractivity contribution in [1.82, 2.24) is 0 Å². The summed E-state index contributed by atoms with van der Waals surface area (Å²) in [6, 6.07) is 0. The van der Waals surface area contributed by atoms with Crippen LogP contribution in [0.15, 0.2) is 0 Å². The van der Waals surface area contributed by atoms with Crippen LogP contribution < -0.4 is 0 Å². The summed E-state index contributed by atoms with van der Waals surface area (Å²) in [5.74, 6) is 1.08. The smallest absolute Gasteiger partial charge is 0.164 e. The number of Topliss-reactive ketones (excluding diaryl/α,β-unsaturated/α-hetero) is 1. The van der Waals surface area contributed by atoms with Crippen molar-refractivity contribution in [2.45, 2.75) is 57.5 Å². The van der Waals surface area contributed by atoms with E-state index >= 15 is 0 Å². The zero-order valence-corrected chi connectivity index (χ0v) is 9.05. The van der Waals surface area contributed by atoms with Gasteiger partial charge in [0.25, 0.3) is 0 Å². The van der Waals surface area contributed by atoms with Crippen LogP contribution in [0.5, 0.6) is 0 Å². The molecule has 14 heavy (non-hydrogen) atoms. The standard InChI is InChI=1S/C12H20O2/c1-2-14-12(7-3-4-8-12)11(13)9-10-5-6-10/h10H,2-9H2,1H3. The van der Waals surface area contributed by atoms with Gasteiger partial charge in [0.1, 0.15) is 5.60 Å². The molecule has 0 radical (unpaired) electrons. The fourth-order valence-electron chi connectivity index (χ4n) is 2.50. The maximum Gasteiger partial charge on any atom is 0.164 e. The maximum atomic E-state index is 12.1. The van der Waals surface area contributed by atoms with Gasteiger partial charge >= 0.3 is 0 Å². The molecule has 0 bridgehead atoms. The number of carbonyl (C=O) groups excluding carboxylic acids is 1. The topological polar surface area (TPSA) is 26.3 Å². The summed E-state index contributed by atoms with van der Waals surface area (Å²) in [6.07, 6.45) is 7.55. The molecule has 80 valence electrons. The fourth-order valence-corrected chi connectivity index (χ4v) is 2.50. The summed E-state index contributed by atoms with van der Waals surface area (Å²) < 4.78 is 5.73. The van der Waals surface area contributed by atoms with Crippen LogP contribution in [0.3, 0.4) is 0 Å². The zero-order chi connectivity index (χ0) is 10.0. The summed E-state index contributed by atoms with van der Waals surface area (Å²) in [7, 11) is 0. The number of ketones is 1. The molecule has 2 aliphatic rings. The van der Waals surface area contributed by atoms with Crippen LogP contribution in [0, 0.1) is 5.92 Å². The van der Waals surface area contributed by atoms with Gasteiger partial charge < -0.3 is 4.74 Å². The third kappa shape index (κ3) is 2.00. The predicted octanol–water partition coefficient (Wildman–Crippen LogP) is 2.70. The molecule has 0 N–H and O–H groups in total. The van der Waals surface area contributed by atoms with E-state index in [1.807, 2.05) is 6.92 Å². The first-order valence-electron chi connectivity index (χ1n) is 5.94. The van der Waals surface area contributed by atoms with Crippen LogP contribution in [-0.2, 0) is 9.53 Å². The minimum atomic E-state index is -0.364. The molecule has 0 aromatic rings. The van der Waals surface area contributed by atoms with Gasteiger partial charge in [-0.15, -0.1) is 0 Å². The first-order chi connectivity index (χ1) is 6.77. The third-order valence-corrected chi connectivity index (χ3v) is 3.51. The molecular formula is C12H20O2. The van der Waals surface area contributed by atoms with Gasteiger partial charge in [0.15, 0.2) is 5.78 Å². The number of hydrogen-bond acceptors (Lipinski definition) is 2. The van der Waals surface area contributed by atoms with Crippen LogP contribution in [0.2, 0.25) is 0 Å². The monoisotopic (exact) mass is 196 g/mol. The summed E-state index contributed by atoms with van der Waals surface area (Å²) in [4.78, 5) is 12.1.